The smallest absolute Gasteiger partial charge is 0.195 e. The number of aliphatic imine (C=N–C) groups is 1. The summed E-state index contributed by atoms with van der Waals surface area (Å²) in [5.74, 6) is 2.88. The van der Waals surface area contributed by atoms with Gasteiger partial charge in [0.1, 0.15) is 0 Å². The molecule has 1 aromatic rings. The maximum atomic E-state index is 5.56. The van der Waals surface area contributed by atoms with Crippen LogP contribution in [-0.4, -0.2) is 71.5 Å². The second kappa shape index (κ2) is 13.8. The highest BCUT2D eigenvalue weighted by molar-refractivity contribution is 14.0. The predicted molar refractivity (Wildman–Crippen MR) is 126 cm³/mol. The molecule has 0 saturated carbocycles. The lowest BCUT2D eigenvalue weighted by atomic mass is 9.97. The minimum atomic E-state index is 0. The summed E-state index contributed by atoms with van der Waals surface area (Å²) in [5.41, 5.74) is 0.915. The molecule has 1 aliphatic heterocycles. The third-order valence-corrected chi connectivity index (χ3v) is 4.83. The standard InChI is InChI=1S/C20H34N4O3.HI/c1-5-27-18-7-6-17(14-19(18)26-4)23-20(21-2)22-15-16-8-10-24(11-9-16)12-13-25-3;/h6-7,14,16H,5,8-13,15H2,1-4H3,(H2,21,22,23);1H. The molecule has 28 heavy (non-hydrogen) atoms. The molecule has 8 heteroatoms. The van der Waals surface area contributed by atoms with E-state index < -0.39 is 0 Å². The molecule has 0 aromatic heterocycles. The number of benzene rings is 1. The van der Waals surface area contributed by atoms with Crippen molar-refractivity contribution in [2.75, 3.05) is 66.0 Å². The number of piperidine rings is 1. The molecule has 160 valence electrons. The molecule has 2 N–H and O–H groups in total. The lowest BCUT2D eigenvalue weighted by Gasteiger charge is -2.32. The summed E-state index contributed by atoms with van der Waals surface area (Å²) >= 11 is 0. The number of guanidine groups is 1. The van der Waals surface area contributed by atoms with Crippen LogP contribution in [0.4, 0.5) is 5.69 Å². The quantitative estimate of drug-likeness (QED) is 0.305. The summed E-state index contributed by atoms with van der Waals surface area (Å²) in [5, 5.41) is 6.77. The van der Waals surface area contributed by atoms with E-state index in [1.807, 2.05) is 25.1 Å². The molecule has 2 rings (SSSR count). The number of ether oxygens (including phenoxy) is 3. The number of hydrogen-bond acceptors (Lipinski definition) is 5. The molecule has 0 atom stereocenters. The maximum Gasteiger partial charge on any atom is 0.195 e. The molecule has 0 radical (unpaired) electrons. The zero-order chi connectivity index (χ0) is 19.5. The van der Waals surface area contributed by atoms with Gasteiger partial charge in [0.05, 0.1) is 20.3 Å². The number of likely N-dealkylation sites (tertiary alicyclic amines) is 1. The van der Waals surface area contributed by atoms with E-state index in [0.29, 0.717) is 18.3 Å². The normalized spacial score (nSPS) is 15.6. The highest BCUT2D eigenvalue weighted by Crippen LogP contribution is 2.30. The van der Waals surface area contributed by atoms with Crippen LogP contribution in [0.1, 0.15) is 19.8 Å². The van der Waals surface area contributed by atoms with Crippen LogP contribution in [0.15, 0.2) is 23.2 Å². The van der Waals surface area contributed by atoms with Gasteiger partial charge in [-0.15, -0.1) is 24.0 Å². The van der Waals surface area contributed by atoms with Gasteiger partial charge in [0.15, 0.2) is 17.5 Å². The minimum Gasteiger partial charge on any atom is -0.493 e. The Morgan fingerprint density at radius 1 is 1.21 bits per heavy atom. The Hall–Kier alpha value is -1.26. The van der Waals surface area contributed by atoms with Gasteiger partial charge in [0, 0.05) is 39.0 Å². The molecular weight excluding hydrogens is 471 g/mol. The lowest BCUT2D eigenvalue weighted by molar-refractivity contribution is 0.121. The molecule has 1 aromatic carbocycles. The SMILES string of the molecule is CCOc1ccc(NC(=NC)NCC2CCN(CCOC)CC2)cc1OC.I. The van der Waals surface area contributed by atoms with Crippen LogP contribution < -0.4 is 20.1 Å². The summed E-state index contributed by atoms with van der Waals surface area (Å²) in [6.45, 7) is 7.60. The van der Waals surface area contributed by atoms with E-state index in [0.717, 1.165) is 50.2 Å². The summed E-state index contributed by atoms with van der Waals surface area (Å²) < 4.78 is 16.1. The van der Waals surface area contributed by atoms with E-state index in [1.54, 1.807) is 21.3 Å². The van der Waals surface area contributed by atoms with E-state index in [2.05, 4.69) is 20.5 Å². The molecule has 7 nitrogen and oxygen atoms in total. The number of hydrogen-bond donors (Lipinski definition) is 2. The minimum absolute atomic E-state index is 0. The van der Waals surface area contributed by atoms with E-state index in [-0.39, 0.29) is 24.0 Å². The van der Waals surface area contributed by atoms with Crippen molar-refractivity contribution >= 4 is 35.6 Å². The molecule has 1 fully saturated rings. The Kier molecular flexibility index (Phi) is 12.2. The Balaban J connectivity index is 0.00000392. The molecule has 1 aliphatic rings. The van der Waals surface area contributed by atoms with Crippen molar-refractivity contribution in [1.29, 1.82) is 0 Å². The number of nitrogens with one attached hydrogen (secondary N) is 2. The number of halogens is 1. The zero-order valence-electron chi connectivity index (χ0n) is 17.5. The molecule has 0 unspecified atom stereocenters. The van der Waals surface area contributed by atoms with E-state index >= 15 is 0 Å². The third kappa shape index (κ3) is 8.00. The van der Waals surface area contributed by atoms with Crippen LogP contribution in [0.3, 0.4) is 0 Å². The van der Waals surface area contributed by atoms with Crippen LogP contribution in [0.2, 0.25) is 0 Å². The van der Waals surface area contributed by atoms with Crippen LogP contribution in [0.25, 0.3) is 0 Å². The van der Waals surface area contributed by atoms with Crippen molar-refractivity contribution in [3.63, 3.8) is 0 Å². The fourth-order valence-corrected chi connectivity index (χ4v) is 3.21. The molecule has 0 spiro atoms. The first-order valence-corrected chi connectivity index (χ1v) is 9.70. The van der Waals surface area contributed by atoms with E-state index in [1.165, 1.54) is 12.8 Å². The van der Waals surface area contributed by atoms with Crippen molar-refractivity contribution < 1.29 is 14.2 Å². The van der Waals surface area contributed by atoms with Gasteiger partial charge >= 0.3 is 0 Å². The van der Waals surface area contributed by atoms with Crippen molar-refractivity contribution in [3.05, 3.63) is 18.2 Å². The Morgan fingerprint density at radius 2 is 1.96 bits per heavy atom. The van der Waals surface area contributed by atoms with Gasteiger partial charge in [-0.25, -0.2) is 0 Å². The van der Waals surface area contributed by atoms with Crippen molar-refractivity contribution in [3.8, 4) is 11.5 Å². The Morgan fingerprint density at radius 3 is 2.57 bits per heavy atom. The van der Waals surface area contributed by atoms with Gasteiger partial charge in [-0.1, -0.05) is 0 Å². The average Bonchev–Trinajstić information content (AvgIpc) is 2.71. The van der Waals surface area contributed by atoms with E-state index in [9.17, 15) is 0 Å². The molecule has 0 bridgehead atoms. The summed E-state index contributed by atoms with van der Waals surface area (Å²) in [4.78, 5) is 6.80. The van der Waals surface area contributed by atoms with Crippen LogP contribution in [0, 0.1) is 5.92 Å². The van der Waals surface area contributed by atoms with Gasteiger partial charge in [-0.3, -0.25) is 4.99 Å². The number of rotatable bonds is 9. The first-order valence-electron chi connectivity index (χ1n) is 9.70. The van der Waals surface area contributed by atoms with E-state index in [4.69, 9.17) is 14.2 Å². The second-order valence-corrected chi connectivity index (χ2v) is 6.65. The first-order chi connectivity index (χ1) is 13.2. The Bertz CT molecular complexity index is 593. The first kappa shape index (κ1) is 24.8. The van der Waals surface area contributed by atoms with Gasteiger partial charge in [0.2, 0.25) is 0 Å². The maximum absolute atomic E-state index is 5.56. The van der Waals surface area contributed by atoms with Gasteiger partial charge in [-0.2, -0.15) is 0 Å². The Labute approximate surface area is 186 Å². The number of anilines is 1. The molecule has 1 saturated heterocycles. The number of methoxy groups -OCH3 is 2. The molecular formula is C20H35IN4O3. The summed E-state index contributed by atoms with van der Waals surface area (Å²) in [6.07, 6.45) is 2.40. The average molecular weight is 506 g/mol. The van der Waals surface area contributed by atoms with Crippen molar-refractivity contribution in [1.82, 2.24) is 10.2 Å². The van der Waals surface area contributed by atoms with Crippen LogP contribution >= 0.6 is 24.0 Å². The summed E-state index contributed by atoms with van der Waals surface area (Å²) in [7, 11) is 5.19. The largest absolute Gasteiger partial charge is 0.493 e. The number of nitrogens with zero attached hydrogens (tertiary/aromatic N) is 2. The van der Waals surface area contributed by atoms with Crippen LogP contribution in [-0.2, 0) is 4.74 Å². The fourth-order valence-electron chi connectivity index (χ4n) is 3.21. The molecule has 0 aliphatic carbocycles. The van der Waals surface area contributed by atoms with Gasteiger partial charge < -0.3 is 29.7 Å². The zero-order valence-corrected chi connectivity index (χ0v) is 19.8. The van der Waals surface area contributed by atoms with Crippen LogP contribution in [0.5, 0.6) is 11.5 Å². The predicted octanol–water partition coefficient (Wildman–Crippen LogP) is 3.06. The lowest BCUT2D eigenvalue weighted by Crippen LogP contribution is -2.41. The molecule has 0 amide bonds. The third-order valence-electron chi connectivity index (χ3n) is 4.83. The highest BCUT2D eigenvalue weighted by atomic mass is 127. The van der Waals surface area contributed by atoms with Gasteiger partial charge in [-0.05, 0) is 50.9 Å². The summed E-state index contributed by atoms with van der Waals surface area (Å²) in [6, 6.07) is 5.80. The van der Waals surface area contributed by atoms with Gasteiger partial charge in [0.25, 0.3) is 0 Å². The molecule has 1 heterocycles. The highest BCUT2D eigenvalue weighted by Gasteiger charge is 2.19. The second-order valence-electron chi connectivity index (χ2n) is 6.65. The fraction of sp³-hybridized carbons (Fsp3) is 0.650. The topological polar surface area (TPSA) is 67.4 Å². The van der Waals surface area contributed by atoms with Crippen molar-refractivity contribution in [2.24, 2.45) is 10.9 Å². The monoisotopic (exact) mass is 506 g/mol. The van der Waals surface area contributed by atoms with Crippen molar-refractivity contribution in [2.45, 2.75) is 19.8 Å².